The zero-order valence-electron chi connectivity index (χ0n) is 20.8. The van der Waals surface area contributed by atoms with Gasteiger partial charge in [0.1, 0.15) is 6.10 Å². The van der Waals surface area contributed by atoms with Crippen molar-refractivity contribution in [3.8, 4) is 0 Å². The quantitative estimate of drug-likeness (QED) is 0.388. The van der Waals surface area contributed by atoms with Crippen LogP contribution in [0, 0.1) is 58.5 Å². The Balaban J connectivity index is 1.40. The smallest absolute Gasteiger partial charge is 0.266 e. The van der Waals surface area contributed by atoms with E-state index in [0.29, 0.717) is 42.3 Å². The number of hydrogen-bond acceptors (Lipinski definition) is 5. The van der Waals surface area contributed by atoms with Crippen LogP contribution in [0.25, 0.3) is 0 Å². The maximum absolute atomic E-state index is 12.2. The number of carbonyl (C=O) groups is 1. The second-order valence-corrected chi connectivity index (χ2v) is 13.3. The van der Waals surface area contributed by atoms with Gasteiger partial charge in [0, 0.05) is 18.4 Å². The molecule has 4 N–H and O–H groups in total. The monoisotopic (exact) mass is 495 g/mol. The molecular weight excluding hydrogens is 454 g/mol. The molecule has 34 heavy (non-hydrogen) atoms. The van der Waals surface area contributed by atoms with Crippen molar-refractivity contribution in [3.05, 3.63) is 24.0 Å². The fraction of sp³-hybridized carbons (Fsp3) is 0.808. The van der Waals surface area contributed by atoms with E-state index in [1.54, 1.807) is 0 Å². The van der Waals surface area contributed by atoms with Crippen LogP contribution in [-0.2, 0) is 14.9 Å². The lowest BCUT2D eigenvalue weighted by molar-refractivity contribution is -0.121. The van der Waals surface area contributed by atoms with E-state index in [9.17, 15) is 23.4 Å². The van der Waals surface area contributed by atoms with E-state index in [1.165, 1.54) is 5.92 Å². The van der Waals surface area contributed by atoms with Crippen LogP contribution in [0.5, 0.6) is 0 Å². The minimum atomic E-state index is -4.08. The lowest BCUT2D eigenvalue weighted by Crippen LogP contribution is -2.55. The molecular formula is C26H41NO6S. The van der Waals surface area contributed by atoms with Crippen molar-refractivity contribution in [3.63, 3.8) is 0 Å². The third-order valence-corrected chi connectivity index (χ3v) is 10.8. The molecule has 0 spiro atoms. The van der Waals surface area contributed by atoms with E-state index in [2.05, 4.69) is 26.1 Å². The summed E-state index contributed by atoms with van der Waals surface area (Å²) >= 11 is 0. The summed E-state index contributed by atoms with van der Waals surface area (Å²) in [6, 6.07) is 0. The van der Waals surface area contributed by atoms with Gasteiger partial charge in [0.15, 0.2) is 0 Å². The summed E-state index contributed by atoms with van der Waals surface area (Å²) in [5, 5.41) is 24.2. The molecule has 0 heterocycles. The molecule has 4 fully saturated rings. The highest BCUT2D eigenvalue weighted by molar-refractivity contribution is 7.85. The molecule has 0 aromatic heterocycles. The molecule has 7 nitrogen and oxygen atoms in total. The Hall–Kier alpha value is -0.700. The lowest BCUT2D eigenvalue weighted by Gasteiger charge is -2.62. The Labute approximate surface area is 205 Å². The molecule has 8 heteroatoms. The zero-order valence-corrected chi connectivity index (χ0v) is 21.6. The molecule has 0 aliphatic heterocycles. The maximum atomic E-state index is 12.2. The predicted molar refractivity (Wildman–Crippen MR) is 128 cm³/mol. The van der Waals surface area contributed by atoms with Crippen LogP contribution in [0.2, 0.25) is 0 Å². The molecule has 0 bridgehead atoms. The van der Waals surface area contributed by atoms with Crippen LogP contribution in [-0.4, -0.2) is 41.4 Å². The Morgan fingerprint density at radius 1 is 1.06 bits per heavy atom. The summed E-state index contributed by atoms with van der Waals surface area (Å²) in [5.41, 5.74) is -0.162. The molecule has 0 unspecified atom stereocenters. The minimum Gasteiger partial charge on any atom is -0.387 e. The summed E-state index contributed by atoms with van der Waals surface area (Å²) in [6.07, 6.45) is 9.75. The van der Waals surface area contributed by atoms with Gasteiger partial charge < -0.3 is 15.5 Å². The molecule has 0 aromatic rings. The van der Waals surface area contributed by atoms with Gasteiger partial charge in [-0.1, -0.05) is 20.8 Å². The Morgan fingerprint density at radius 2 is 1.79 bits per heavy atom. The van der Waals surface area contributed by atoms with E-state index in [1.807, 2.05) is 0 Å². The first-order valence-electron chi connectivity index (χ1n) is 12.9. The van der Waals surface area contributed by atoms with Crippen molar-refractivity contribution in [2.45, 2.75) is 85.0 Å². The maximum Gasteiger partial charge on any atom is 0.266 e. The Morgan fingerprint density at radius 3 is 2.50 bits per heavy atom. The highest BCUT2D eigenvalue weighted by atomic mass is 32.2. The van der Waals surface area contributed by atoms with Gasteiger partial charge in [-0.05, 0) is 98.7 Å². The summed E-state index contributed by atoms with van der Waals surface area (Å²) in [7, 11) is -4.08. The van der Waals surface area contributed by atoms with Crippen LogP contribution in [0.1, 0.15) is 85.0 Å². The number of aliphatic hydroxyl groups is 2. The number of hydrogen-bond donors (Lipinski definition) is 4. The van der Waals surface area contributed by atoms with Gasteiger partial charge in [-0.15, -0.1) is 0 Å². The molecule has 0 aromatic carbocycles. The molecule has 4 rings (SSSR count). The number of carbonyl (C=O) groups excluding carboxylic acids is 1. The van der Waals surface area contributed by atoms with Crippen molar-refractivity contribution in [1.29, 1.82) is 0 Å². The SMILES string of the molecule is C[C](CCC(=O)NCCS(=O)(=O)O)[C]1CC[C@H]2[C@@H]3CC[C@@H]4C[C](O)CC[C@]4(C)[C@H]3C[C](O)[C@]12C. The van der Waals surface area contributed by atoms with Crippen LogP contribution in [0.4, 0.5) is 0 Å². The molecule has 6 atom stereocenters. The summed E-state index contributed by atoms with van der Waals surface area (Å²) in [5.74, 6) is 3.68. The highest BCUT2D eigenvalue weighted by Gasteiger charge is 2.64. The first-order valence-corrected chi connectivity index (χ1v) is 14.5. The number of fused-ring (bicyclic) bond motifs is 5. The Bertz CT molecular complexity index is 863. The topological polar surface area (TPSA) is 124 Å². The normalized spacial score (nSPS) is 39.5. The third-order valence-electron chi connectivity index (χ3n) is 10.1. The van der Waals surface area contributed by atoms with Crippen LogP contribution < -0.4 is 5.32 Å². The van der Waals surface area contributed by atoms with Gasteiger partial charge in [0.2, 0.25) is 5.91 Å². The molecule has 1 amide bonds. The summed E-state index contributed by atoms with van der Waals surface area (Å²) in [6.45, 7) is 6.57. The van der Waals surface area contributed by atoms with Gasteiger partial charge in [0.05, 0.1) is 11.9 Å². The zero-order chi connectivity index (χ0) is 24.9. The second-order valence-electron chi connectivity index (χ2n) is 11.7. The lowest BCUT2D eigenvalue weighted by atomic mass is 9.43. The average Bonchev–Trinajstić information content (AvgIpc) is 3.11. The molecule has 4 aliphatic carbocycles. The number of amides is 1. The van der Waals surface area contributed by atoms with Crippen LogP contribution >= 0.6 is 0 Å². The van der Waals surface area contributed by atoms with Crippen molar-refractivity contribution < 1.29 is 28.0 Å². The average molecular weight is 496 g/mol. The third kappa shape index (κ3) is 4.81. The fourth-order valence-electron chi connectivity index (χ4n) is 8.15. The van der Waals surface area contributed by atoms with E-state index in [-0.39, 0.29) is 29.7 Å². The summed E-state index contributed by atoms with van der Waals surface area (Å²) < 4.78 is 30.5. The van der Waals surface area contributed by atoms with Crippen molar-refractivity contribution >= 4 is 16.0 Å². The van der Waals surface area contributed by atoms with Crippen LogP contribution in [0.3, 0.4) is 0 Å². The highest BCUT2D eigenvalue weighted by Crippen LogP contribution is 2.71. The molecule has 192 valence electrons. The minimum absolute atomic E-state index is 0.0972. The number of rotatable bonds is 7. The number of nitrogens with one attached hydrogen (secondary N) is 1. The molecule has 4 saturated carbocycles. The standard InChI is InChI=1S/C26H41NO6S/c1-16(4-9-24(30)27-12-13-34(31,32)33)20-7-8-21-19-6-5-17-14-18(28)10-11-25(17,2)22(19)15-23(29)26(20,21)3/h17,19,21-22,28-29H,4-15H2,1-3H3,(H,27,30)(H,31,32,33)/t17-,19+,21+,22+,25+,26-/m1/s1. The Kier molecular flexibility index (Phi) is 7.47. The predicted octanol–water partition coefficient (Wildman–Crippen LogP) is 4.40. The van der Waals surface area contributed by atoms with Crippen molar-refractivity contribution in [1.82, 2.24) is 5.32 Å². The van der Waals surface area contributed by atoms with Crippen molar-refractivity contribution in [2.24, 2.45) is 34.5 Å². The van der Waals surface area contributed by atoms with Gasteiger partial charge >= 0.3 is 0 Å². The van der Waals surface area contributed by atoms with Crippen LogP contribution in [0.15, 0.2) is 0 Å². The first kappa shape index (κ1) is 26.4. The van der Waals surface area contributed by atoms with E-state index < -0.39 is 15.9 Å². The number of aliphatic hydroxyl groups excluding tert-OH is 2. The van der Waals surface area contributed by atoms with E-state index >= 15 is 0 Å². The largest absolute Gasteiger partial charge is 0.387 e. The molecule has 4 aliphatic rings. The van der Waals surface area contributed by atoms with Gasteiger partial charge in [-0.2, -0.15) is 8.42 Å². The second kappa shape index (κ2) is 9.64. The van der Waals surface area contributed by atoms with Gasteiger partial charge in [-0.25, -0.2) is 0 Å². The fourth-order valence-corrected chi connectivity index (χ4v) is 8.51. The molecule has 4 radical (unpaired) electrons. The van der Waals surface area contributed by atoms with Gasteiger partial charge in [-0.3, -0.25) is 9.35 Å². The van der Waals surface area contributed by atoms with Crippen molar-refractivity contribution in [2.75, 3.05) is 12.3 Å². The van der Waals surface area contributed by atoms with Gasteiger partial charge in [0.25, 0.3) is 10.1 Å². The van der Waals surface area contributed by atoms with E-state index in [0.717, 1.165) is 57.3 Å². The summed E-state index contributed by atoms with van der Waals surface area (Å²) in [4.78, 5) is 12.2. The molecule has 0 saturated heterocycles. The van der Waals surface area contributed by atoms with E-state index in [4.69, 9.17) is 4.55 Å². The first-order chi connectivity index (χ1) is 15.9.